The average Bonchev–Trinajstić information content (AvgIpc) is 1.76. The summed E-state index contributed by atoms with van der Waals surface area (Å²) in [6.07, 6.45) is 0. The molecule has 0 atom stereocenters. The number of rotatable bonds is 0. The Kier molecular flexibility index (Phi) is 9.91. The zero-order chi connectivity index (χ0) is 3.54. The van der Waals surface area contributed by atoms with Gasteiger partial charge < -0.3 is 0 Å². The van der Waals surface area contributed by atoms with Crippen LogP contribution < -0.4 is 0 Å². The van der Waals surface area contributed by atoms with Gasteiger partial charge in [-0.2, -0.15) is 0 Å². The van der Waals surface area contributed by atoms with E-state index in [1.807, 2.05) is 0 Å². The van der Waals surface area contributed by atoms with Crippen molar-refractivity contribution in [2.24, 2.45) is 0 Å². The van der Waals surface area contributed by atoms with Gasteiger partial charge in [-0.15, -0.1) is 24.8 Å². The summed E-state index contributed by atoms with van der Waals surface area (Å²) in [7, 11) is 0. The average molecular weight is 204 g/mol. The molecule has 7 heavy (non-hydrogen) atoms. The molecule has 0 nitrogen and oxygen atoms in total. The van der Waals surface area contributed by atoms with Crippen molar-refractivity contribution in [1.29, 1.82) is 0 Å². The Morgan fingerprint density at radius 3 is 1.43 bits per heavy atom. The molecule has 0 fully saturated rings. The standard InChI is InChI=1S/C4H4Se.2ClH/c1-2-4-5-3-1;;/h1-4H;2*1H. The van der Waals surface area contributed by atoms with Crippen LogP contribution in [0.25, 0.3) is 0 Å². The summed E-state index contributed by atoms with van der Waals surface area (Å²) in [6.45, 7) is 0. The Morgan fingerprint density at radius 2 is 1.29 bits per heavy atom. The molecule has 0 aliphatic carbocycles. The van der Waals surface area contributed by atoms with E-state index >= 15 is 0 Å². The summed E-state index contributed by atoms with van der Waals surface area (Å²) in [4.78, 5) is 4.38. The van der Waals surface area contributed by atoms with Gasteiger partial charge in [0.05, 0.1) is 0 Å². The zero-order valence-corrected chi connectivity index (χ0v) is 6.88. The van der Waals surface area contributed by atoms with Gasteiger partial charge in [0.1, 0.15) is 0 Å². The molecular formula is C4H6Cl2Se. The van der Waals surface area contributed by atoms with Gasteiger partial charge in [-0.3, -0.25) is 0 Å². The fraction of sp³-hybridized carbons (Fsp3) is 0. The Bertz CT molecular complexity index is 66.2. The van der Waals surface area contributed by atoms with Gasteiger partial charge in [-0.05, 0) is 0 Å². The predicted molar refractivity (Wildman–Crippen MR) is 37.9 cm³/mol. The van der Waals surface area contributed by atoms with E-state index in [1.165, 1.54) is 0 Å². The fourth-order valence-electron chi connectivity index (χ4n) is 0.227. The molecule has 0 saturated heterocycles. The van der Waals surface area contributed by atoms with Gasteiger partial charge in [-0.25, -0.2) is 0 Å². The van der Waals surface area contributed by atoms with Crippen molar-refractivity contribution in [2.75, 3.05) is 0 Å². The molecule has 0 radical (unpaired) electrons. The zero-order valence-electron chi connectivity index (χ0n) is 3.53. The molecule has 0 aromatic carbocycles. The van der Waals surface area contributed by atoms with E-state index in [4.69, 9.17) is 0 Å². The summed E-state index contributed by atoms with van der Waals surface area (Å²) in [5, 5.41) is 0. The molecule has 1 aromatic rings. The van der Waals surface area contributed by atoms with Gasteiger partial charge in [0.25, 0.3) is 0 Å². The summed E-state index contributed by atoms with van der Waals surface area (Å²) in [6, 6.07) is 4.17. The molecule has 1 rings (SSSR count). The summed E-state index contributed by atoms with van der Waals surface area (Å²) >= 11 is 0.708. The van der Waals surface area contributed by atoms with Crippen LogP contribution in [0.1, 0.15) is 0 Å². The molecule has 0 bridgehead atoms. The third-order valence-corrected chi connectivity index (χ3v) is 1.74. The normalized spacial score (nSPS) is 5.71. The monoisotopic (exact) mass is 204 g/mol. The second kappa shape index (κ2) is 6.58. The second-order valence-corrected chi connectivity index (χ2v) is 2.51. The Balaban J connectivity index is 0. The molecule has 42 valence electrons. The molecule has 0 unspecified atom stereocenters. The van der Waals surface area contributed by atoms with Gasteiger partial charge in [0.2, 0.25) is 0 Å². The first-order valence-corrected chi connectivity index (χ1v) is 3.45. The van der Waals surface area contributed by atoms with Crippen LogP contribution in [0.15, 0.2) is 22.0 Å². The van der Waals surface area contributed by atoms with Crippen molar-refractivity contribution in [2.45, 2.75) is 0 Å². The summed E-state index contributed by atoms with van der Waals surface area (Å²) in [5.41, 5.74) is 0. The predicted octanol–water partition coefficient (Wildman–Crippen LogP) is 1.59. The molecule has 1 heterocycles. The molecule has 0 aliphatic heterocycles. The first kappa shape index (κ1) is 10.5. The third-order valence-electron chi connectivity index (χ3n) is 0.425. The maximum atomic E-state index is 2.19. The molecular weight excluding hydrogens is 198 g/mol. The van der Waals surface area contributed by atoms with Crippen LogP contribution in [0.5, 0.6) is 0 Å². The molecule has 0 saturated carbocycles. The topological polar surface area (TPSA) is 0 Å². The molecule has 3 heteroatoms. The van der Waals surface area contributed by atoms with Gasteiger partial charge in [-0.1, -0.05) is 0 Å². The number of halogens is 2. The minimum atomic E-state index is 0. The van der Waals surface area contributed by atoms with Crippen molar-refractivity contribution in [3.63, 3.8) is 0 Å². The van der Waals surface area contributed by atoms with E-state index in [0.717, 1.165) is 0 Å². The number of hydrogen-bond acceptors (Lipinski definition) is 0. The molecule has 0 spiro atoms. The van der Waals surface area contributed by atoms with Crippen LogP contribution in [0, 0.1) is 0 Å². The Morgan fingerprint density at radius 1 is 0.857 bits per heavy atom. The van der Waals surface area contributed by atoms with Crippen LogP contribution in [-0.4, -0.2) is 14.5 Å². The summed E-state index contributed by atoms with van der Waals surface area (Å²) < 4.78 is 0. The Hall–Kier alpha value is 0.579. The van der Waals surface area contributed by atoms with E-state index in [1.54, 1.807) is 0 Å². The van der Waals surface area contributed by atoms with Crippen LogP contribution in [0.4, 0.5) is 0 Å². The van der Waals surface area contributed by atoms with E-state index in [9.17, 15) is 0 Å². The van der Waals surface area contributed by atoms with Crippen LogP contribution >= 0.6 is 24.8 Å². The van der Waals surface area contributed by atoms with Crippen molar-refractivity contribution in [3.8, 4) is 0 Å². The first-order valence-electron chi connectivity index (χ1n) is 1.47. The van der Waals surface area contributed by atoms with E-state index in [0.29, 0.717) is 14.5 Å². The molecule has 0 N–H and O–H groups in total. The van der Waals surface area contributed by atoms with Gasteiger partial charge in [0.15, 0.2) is 0 Å². The summed E-state index contributed by atoms with van der Waals surface area (Å²) in [5.74, 6) is 0. The molecule has 0 aliphatic rings. The molecule has 1 aromatic heterocycles. The third kappa shape index (κ3) is 4.43. The van der Waals surface area contributed by atoms with Gasteiger partial charge in [0, 0.05) is 0 Å². The first-order chi connectivity index (χ1) is 2.50. The number of hydrogen-bond donors (Lipinski definition) is 0. The van der Waals surface area contributed by atoms with Crippen LogP contribution in [-0.2, 0) is 0 Å². The minimum absolute atomic E-state index is 0. The van der Waals surface area contributed by atoms with E-state index < -0.39 is 0 Å². The van der Waals surface area contributed by atoms with Crippen molar-refractivity contribution >= 4 is 39.3 Å². The molecule has 0 amide bonds. The SMILES string of the molecule is Cl.Cl.c1cc[se]c1. The Labute approximate surface area is 61.5 Å². The maximum absolute atomic E-state index is 2.19. The fourth-order valence-corrected chi connectivity index (χ4v) is 1.18. The second-order valence-electron chi connectivity index (χ2n) is 0.793. The van der Waals surface area contributed by atoms with Crippen molar-refractivity contribution in [3.05, 3.63) is 22.0 Å². The van der Waals surface area contributed by atoms with Crippen LogP contribution in [0.2, 0.25) is 0 Å². The van der Waals surface area contributed by atoms with Crippen LogP contribution in [0.3, 0.4) is 0 Å². The van der Waals surface area contributed by atoms with E-state index in [2.05, 4.69) is 22.0 Å². The van der Waals surface area contributed by atoms with Crippen molar-refractivity contribution < 1.29 is 0 Å². The van der Waals surface area contributed by atoms with Crippen molar-refractivity contribution in [1.82, 2.24) is 0 Å². The quantitative estimate of drug-likeness (QED) is 0.563. The van der Waals surface area contributed by atoms with E-state index in [-0.39, 0.29) is 24.8 Å². The van der Waals surface area contributed by atoms with Gasteiger partial charge >= 0.3 is 36.5 Å².